The number of amides is 2. The third-order valence-electron chi connectivity index (χ3n) is 4.42. The van der Waals surface area contributed by atoms with Crippen LogP contribution in [0.5, 0.6) is 0 Å². The molecule has 2 heterocycles. The Morgan fingerprint density at radius 3 is 2.41 bits per heavy atom. The van der Waals surface area contributed by atoms with Gasteiger partial charge in [-0.15, -0.1) is 0 Å². The van der Waals surface area contributed by atoms with Gasteiger partial charge in [0.1, 0.15) is 17.0 Å². The zero-order valence-corrected chi connectivity index (χ0v) is 15.4. The van der Waals surface area contributed by atoms with Gasteiger partial charge in [0.05, 0.1) is 12.0 Å². The highest BCUT2D eigenvalue weighted by Crippen LogP contribution is 2.28. The van der Waals surface area contributed by atoms with E-state index in [1.165, 1.54) is 13.8 Å². The number of hydrogen-bond donors (Lipinski definition) is 2. The number of nitrogens with one attached hydrogen (secondary N) is 1. The maximum Gasteiger partial charge on any atom is 0.255 e. The first-order valence-corrected chi connectivity index (χ1v) is 8.28. The van der Waals surface area contributed by atoms with Gasteiger partial charge >= 0.3 is 0 Å². The van der Waals surface area contributed by atoms with Crippen LogP contribution in [0.1, 0.15) is 50.2 Å². The van der Waals surface area contributed by atoms with Crippen molar-refractivity contribution in [1.82, 2.24) is 5.16 Å². The maximum absolute atomic E-state index is 12.5. The Kier molecular flexibility index (Phi) is 4.57. The van der Waals surface area contributed by atoms with Gasteiger partial charge in [0, 0.05) is 5.39 Å². The molecule has 0 fully saturated rings. The molecule has 2 aromatic heterocycles. The third-order valence-corrected chi connectivity index (χ3v) is 4.42. The van der Waals surface area contributed by atoms with Crippen molar-refractivity contribution in [3.63, 3.8) is 0 Å². The normalized spacial score (nSPS) is 11.0. The molecule has 3 aromatic rings. The molecule has 140 valence electrons. The summed E-state index contributed by atoms with van der Waals surface area (Å²) in [4.78, 5) is 35.9. The Bertz CT molecular complexity index is 1090. The van der Waals surface area contributed by atoms with Crippen molar-refractivity contribution in [1.29, 1.82) is 0 Å². The summed E-state index contributed by atoms with van der Waals surface area (Å²) in [6, 6.07) is 3.77. The Morgan fingerprint density at radius 1 is 1.11 bits per heavy atom. The Morgan fingerprint density at radius 2 is 1.78 bits per heavy atom. The van der Waals surface area contributed by atoms with E-state index in [2.05, 4.69) is 10.5 Å². The predicted octanol–water partition coefficient (Wildman–Crippen LogP) is 2.83. The Labute approximate surface area is 154 Å². The highest BCUT2D eigenvalue weighted by Gasteiger charge is 2.26. The summed E-state index contributed by atoms with van der Waals surface area (Å²) in [6.45, 7) is 6.73. The van der Waals surface area contributed by atoms with Crippen LogP contribution in [0.15, 0.2) is 21.1 Å². The quantitative estimate of drug-likeness (QED) is 0.665. The number of carbonyl (C=O) groups excluding carboxylic acids is 3. The van der Waals surface area contributed by atoms with Crippen LogP contribution in [0.2, 0.25) is 0 Å². The van der Waals surface area contributed by atoms with Crippen molar-refractivity contribution < 1.29 is 23.3 Å². The zero-order valence-electron chi connectivity index (χ0n) is 15.4. The largest absolute Gasteiger partial charge is 0.444 e. The van der Waals surface area contributed by atoms with E-state index in [1.54, 1.807) is 0 Å². The second kappa shape index (κ2) is 6.71. The molecular weight excluding hydrogens is 350 g/mol. The van der Waals surface area contributed by atoms with Gasteiger partial charge in [-0.1, -0.05) is 5.16 Å². The van der Waals surface area contributed by atoms with Crippen molar-refractivity contribution in [3.8, 4) is 0 Å². The van der Waals surface area contributed by atoms with E-state index in [0.717, 1.165) is 16.5 Å². The molecule has 0 saturated carbocycles. The van der Waals surface area contributed by atoms with E-state index in [9.17, 15) is 14.4 Å². The molecule has 0 aliphatic rings. The van der Waals surface area contributed by atoms with Gasteiger partial charge in [-0.05, 0) is 51.0 Å². The van der Waals surface area contributed by atoms with Crippen LogP contribution < -0.4 is 11.1 Å². The third kappa shape index (κ3) is 3.33. The highest BCUT2D eigenvalue weighted by molar-refractivity contribution is 6.12. The number of anilines is 1. The molecule has 27 heavy (non-hydrogen) atoms. The van der Waals surface area contributed by atoms with Crippen LogP contribution in [-0.2, 0) is 11.2 Å². The van der Waals surface area contributed by atoms with Crippen LogP contribution in [0.4, 0.5) is 5.88 Å². The monoisotopic (exact) mass is 369 g/mol. The van der Waals surface area contributed by atoms with E-state index in [-0.39, 0.29) is 35.0 Å². The summed E-state index contributed by atoms with van der Waals surface area (Å²) in [7, 11) is 0. The van der Waals surface area contributed by atoms with E-state index in [0.29, 0.717) is 11.3 Å². The zero-order chi connectivity index (χ0) is 19.9. The Hall–Kier alpha value is -3.42. The molecule has 0 aliphatic heterocycles. The fourth-order valence-corrected chi connectivity index (χ4v) is 2.99. The standard InChI is InChI=1S/C19H19N3O5/c1-8-5-12-13(22-27-14(12)6-9(8)2)7-15(24)21-19-17(18(20)25)16(10(3)23)11(4)26-19/h5-6H,7H2,1-4H3,(H2,20,25)(H,21,24). The number of fused-ring (bicyclic) bond motifs is 1. The first-order valence-electron chi connectivity index (χ1n) is 8.28. The SMILES string of the molecule is CC(=O)c1c(C)oc(NC(=O)Cc2noc3cc(C)c(C)cc23)c1C(N)=O. The molecule has 3 rings (SSSR count). The number of ketones is 1. The molecule has 0 atom stereocenters. The first kappa shape index (κ1) is 18.4. The topological polar surface area (TPSA) is 128 Å². The fraction of sp³-hybridized carbons (Fsp3) is 0.263. The molecule has 8 heteroatoms. The summed E-state index contributed by atoms with van der Waals surface area (Å²) in [5, 5.41) is 7.19. The minimum absolute atomic E-state index is 0.0655. The van der Waals surface area contributed by atoms with Crippen LogP contribution >= 0.6 is 0 Å². The molecular formula is C19H19N3O5. The number of rotatable bonds is 5. The molecule has 0 radical (unpaired) electrons. The lowest BCUT2D eigenvalue weighted by molar-refractivity contribution is -0.115. The number of carbonyl (C=O) groups is 3. The average Bonchev–Trinajstić information content (AvgIpc) is 3.09. The minimum atomic E-state index is -0.856. The van der Waals surface area contributed by atoms with Gasteiger partial charge in [0.15, 0.2) is 11.4 Å². The van der Waals surface area contributed by atoms with Crippen LogP contribution in [0.3, 0.4) is 0 Å². The second-order valence-electron chi connectivity index (χ2n) is 6.44. The molecule has 3 N–H and O–H groups in total. The van der Waals surface area contributed by atoms with Crippen LogP contribution in [0.25, 0.3) is 11.0 Å². The summed E-state index contributed by atoms with van der Waals surface area (Å²) < 4.78 is 10.7. The number of primary amides is 1. The van der Waals surface area contributed by atoms with Crippen molar-refractivity contribution in [2.24, 2.45) is 5.73 Å². The lowest BCUT2D eigenvalue weighted by Gasteiger charge is -2.03. The maximum atomic E-state index is 12.5. The number of aromatic nitrogens is 1. The summed E-state index contributed by atoms with van der Waals surface area (Å²) >= 11 is 0. The molecule has 0 unspecified atom stereocenters. The van der Waals surface area contributed by atoms with Gasteiger partial charge in [-0.25, -0.2) is 0 Å². The van der Waals surface area contributed by atoms with Gasteiger partial charge in [0.25, 0.3) is 5.91 Å². The number of Topliss-reactive ketones (excluding diaryl/α,β-unsaturated/α-hetero) is 1. The summed E-state index contributed by atoms with van der Waals surface area (Å²) in [5.74, 6) is -1.64. The molecule has 0 saturated heterocycles. The summed E-state index contributed by atoms with van der Waals surface area (Å²) in [6.07, 6.45) is -0.0944. The lowest BCUT2D eigenvalue weighted by Crippen LogP contribution is -2.20. The van der Waals surface area contributed by atoms with E-state index >= 15 is 0 Å². The molecule has 2 amide bonds. The highest BCUT2D eigenvalue weighted by atomic mass is 16.5. The average molecular weight is 369 g/mol. The van der Waals surface area contributed by atoms with E-state index in [1.807, 2.05) is 26.0 Å². The first-order chi connectivity index (χ1) is 12.7. The second-order valence-corrected chi connectivity index (χ2v) is 6.44. The van der Waals surface area contributed by atoms with Crippen LogP contribution in [-0.4, -0.2) is 22.8 Å². The van der Waals surface area contributed by atoms with E-state index in [4.69, 9.17) is 14.7 Å². The molecule has 0 bridgehead atoms. The van der Waals surface area contributed by atoms with Crippen molar-refractivity contribution in [2.75, 3.05) is 5.32 Å². The predicted molar refractivity (Wildman–Crippen MR) is 97.8 cm³/mol. The van der Waals surface area contributed by atoms with Crippen molar-refractivity contribution >= 4 is 34.5 Å². The number of nitrogens with two attached hydrogens (primary N) is 1. The van der Waals surface area contributed by atoms with Crippen LogP contribution in [0, 0.1) is 20.8 Å². The van der Waals surface area contributed by atoms with Crippen molar-refractivity contribution in [3.05, 3.63) is 45.8 Å². The number of nitrogens with zero attached hydrogens (tertiary/aromatic N) is 1. The molecule has 1 aromatic carbocycles. The minimum Gasteiger partial charge on any atom is -0.444 e. The fourth-order valence-electron chi connectivity index (χ4n) is 2.99. The smallest absolute Gasteiger partial charge is 0.255 e. The summed E-state index contributed by atoms with van der Waals surface area (Å²) in [5.41, 5.74) is 8.44. The van der Waals surface area contributed by atoms with Gasteiger partial charge in [-0.2, -0.15) is 0 Å². The molecule has 0 spiro atoms. The molecule has 8 nitrogen and oxygen atoms in total. The number of benzene rings is 1. The molecule has 0 aliphatic carbocycles. The number of furan rings is 1. The number of hydrogen-bond acceptors (Lipinski definition) is 6. The Balaban J connectivity index is 1.89. The lowest BCUT2D eigenvalue weighted by atomic mass is 10.1. The van der Waals surface area contributed by atoms with Gasteiger partial charge in [0.2, 0.25) is 11.8 Å². The van der Waals surface area contributed by atoms with Gasteiger partial charge in [-0.3, -0.25) is 19.7 Å². The van der Waals surface area contributed by atoms with Gasteiger partial charge < -0.3 is 14.7 Å². The van der Waals surface area contributed by atoms with Crippen molar-refractivity contribution in [2.45, 2.75) is 34.1 Å². The number of aryl methyl sites for hydroxylation is 3. The van der Waals surface area contributed by atoms with E-state index < -0.39 is 11.8 Å².